The number of carbonyl (C=O) groups excluding carboxylic acids is 3. The average Bonchev–Trinajstić information content (AvgIpc) is 2.67. The molecule has 0 aliphatic heterocycles. The van der Waals surface area contributed by atoms with Gasteiger partial charge in [0.2, 0.25) is 0 Å². The zero-order valence-electron chi connectivity index (χ0n) is 14.5. The Morgan fingerprint density at radius 3 is 2.67 bits per heavy atom. The number of nitrogens with one attached hydrogen (secondary N) is 2. The minimum absolute atomic E-state index is 0.123. The quantitative estimate of drug-likeness (QED) is 0.527. The van der Waals surface area contributed by atoms with Crippen LogP contribution >= 0.6 is 11.6 Å². The number of halogens is 1. The molecule has 0 fully saturated rings. The van der Waals surface area contributed by atoms with Gasteiger partial charge in [0.1, 0.15) is 12.3 Å². The SMILES string of the molecule is CCOc1ccccc1C(=O)NCC(=O)OCC(=O)Nc1cccnc1Cl. The lowest BCUT2D eigenvalue weighted by Gasteiger charge is -2.10. The Kier molecular flexibility index (Phi) is 7.57. The number of anilines is 1. The number of nitrogens with zero attached hydrogens (tertiary/aromatic N) is 1. The van der Waals surface area contributed by atoms with Gasteiger partial charge in [0.25, 0.3) is 11.8 Å². The maximum Gasteiger partial charge on any atom is 0.325 e. The fraction of sp³-hybridized carbons (Fsp3) is 0.222. The molecule has 0 atom stereocenters. The maximum atomic E-state index is 12.2. The number of benzene rings is 1. The highest BCUT2D eigenvalue weighted by Crippen LogP contribution is 2.18. The number of rotatable bonds is 8. The maximum absolute atomic E-state index is 12.2. The number of esters is 1. The standard InChI is InChI=1S/C18H18ClN3O5/c1-2-26-14-8-4-3-6-12(14)18(25)21-10-16(24)27-11-15(23)22-13-7-5-9-20-17(13)19/h3-9H,2,10-11H2,1H3,(H,21,25)(H,22,23). The van der Waals surface area contributed by atoms with Gasteiger partial charge in [0.05, 0.1) is 17.9 Å². The van der Waals surface area contributed by atoms with Gasteiger partial charge in [0.15, 0.2) is 11.8 Å². The lowest BCUT2D eigenvalue weighted by Crippen LogP contribution is -2.32. The van der Waals surface area contributed by atoms with Crippen LogP contribution in [0.5, 0.6) is 5.75 Å². The van der Waals surface area contributed by atoms with Crippen LogP contribution in [-0.2, 0) is 14.3 Å². The number of hydrogen-bond donors (Lipinski definition) is 2. The minimum Gasteiger partial charge on any atom is -0.493 e. The molecular weight excluding hydrogens is 374 g/mol. The van der Waals surface area contributed by atoms with Crippen molar-refractivity contribution in [2.45, 2.75) is 6.92 Å². The molecule has 2 aromatic rings. The first kappa shape index (κ1) is 20.2. The summed E-state index contributed by atoms with van der Waals surface area (Å²) in [7, 11) is 0. The van der Waals surface area contributed by atoms with E-state index in [9.17, 15) is 14.4 Å². The number of amides is 2. The predicted octanol–water partition coefficient (Wildman–Crippen LogP) is 2.05. The molecule has 9 heteroatoms. The van der Waals surface area contributed by atoms with Crippen LogP contribution in [0, 0.1) is 0 Å². The third-order valence-corrected chi connectivity index (χ3v) is 3.52. The van der Waals surface area contributed by atoms with Crippen molar-refractivity contribution >= 4 is 35.1 Å². The number of ether oxygens (including phenoxy) is 2. The Labute approximate surface area is 160 Å². The first-order chi connectivity index (χ1) is 13.0. The molecule has 0 spiro atoms. The summed E-state index contributed by atoms with van der Waals surface area (Å²) in [5, 5.41) is 5.01. The van der Waals surface area contributed by atoms with E-state index >= 15 is 0 Å². The largest absolute Gasteiger partial charge is 0.493 e. The summed E-state index contributed by atoms with van der Waals surface area (Å²) in [6.45, 7) is 1.30. The molecule has 2 N–H and O–H groups in total. The van der Waals surface area contributed by atoms with Crippen LogP contribution in [-0.4, -0.2) is 42.5 Å². The number of hydrogen-bond acceptors (Lipinski definition) is 6. The third-order valence-electron chi connectivity index (χ3n) is 3.22. The summed E-state index contributed by atoms with van der Waals surface area (Å²) in [4.78, 5) is 39.5. The Hall–Kier alpha value is -3.13. The van der Waals surface area contributed by atoms with Crippen LogP contribution < -0.4 is 15.4 Å². The van der Waals surface area contributed by atoms with Gasteiger partial charge in [-0.2, -0.15) is 0 Å². The molecule has 0 aliphatic carbocycles. The monoisotopic (exact) mass is 391 g/mol. The highest BCUT2D eigenvalue weighted by molar-refractivity contribution is 6.32. The smallest absolute Gasteiger partial charge is 0.325 e. The molecule has 2 rings (SSSR count). The van der Waals surface area contributed by atoms with E-state index in [0.717, 1.165) is 0 Å². The summed E-state index contributed by atoms with van der Waals surface area (Å²) in [6, 6.07) is 9.82. The Balaban J connectivity index is 1.78. The van der Waals surface area contributed by atoms with Gasteiger partial charge in [-0.3, -0.25) is 14.4 Å². The van der Waals surface area contributed by atoms with Gasteiger partial charge in [0, 0.05) is 6.20 Å². The van der Waals surface area contributed by atoms with E-state index in [0.29, 0.717) is 23.6 Å². The highest BCUT2D eigenvalue weighted by Gasteiger charge is 2.14. The van der Waals surface area contributed by atoms with Crippen molar-refractivity contribution in [3.63, 3.8) is 0 Å². The van der Waals surface area contributed by atoms with E-state index < -0.39 is 24.4 Å². The fourth-order valence-electron chi connectivity index (χ4n) is 2.05. The first-order valence-electron chi connectivity index (χ1n) is 8.07. The van der Waals surface area contributed by atoms with Crippen LogP contribution in [0.15, 0.2) is 42.6 Å². The van der Waals surface area contributed by atoms with E-state index in [4.69, 9.17) is 21.1 Å². The molecule has 142 valence electrons. The Morgan fingerprint density at radius 1 is 1.15 bits per heavy atom. The molecule has 2 amide bonds. The van der Waals surface area contributed by atoms with E-state index in [2.05, 4.69) is 15.6 Å². The fourth-order valence-corrected chi connectivity index (χ4v) is 2.21. The molecule has 0 radical (unpaired) electrons. The minimum atomic E-state index is -0.760. The van der Waals surface area contributed by atoms with Gasteiger partial charge in [-0.1, -0.05) is 23.7 Å². The molecule has 0 unspecified atom stereocenters. The Bertz CT molecular complexity index is 828. The van der Waals surface area contributed by atoms with Gasteiger partial charge < -0.3 is 20.1 Å². The number of aromatic nitrogens is 1. The zero-order valence-corrected chi connectivity index (χ0v) is 15.3. The van der Waals surface area contributed by atoms with E-state index in [1.54, 1.807) is 43.3 Å². The predicted molar refractivity (Wildman–Crippen MR) is 98.8 cm³/mol. The molecule has 0 saturated heterocycles. The van der Waals surface area contributed by atoms with Crippen LogP contribution in [0.4, 0.5) is 5.69 Å². The lowest BCUT2D eigenvalue weighted by atomic mass is 10.2. The van der Waals surface area contributed by atoms with Crippen molar-refractivity contribution in [3.8, 4) is 5.75 Å². The molecule has 0 bridgehead atoms. The summed E-state index contributed by atoms with van der Waals surface area (Å²) in [5.74, 6) is -1.41. The summed E-state index contributed by atoms with van der Waals surface area (Å²) in [5.41, 5.74) is 0.608. The van der Waals surface area contributed by atoms with Crippen LogP contribution in [0.1, 0.15) is 17.3 Å². The van der Waals surface area contributed by atoms with Crippen LogP contribution in [0.25, 0.3) is 0 Å². The molecule has 1 aromatic heterocycles. The summed E-state index contributed by atoms with van der Waals surface area (Å²) >= 11 is 5.82. The number of carbonyl (C=O) groups is 3. The molecular formula is C18H18ClN3O5. The normalized spacial score (nSPS) is 10.0. The molecule has 8 nitrogen and oxygen atoms in total. The second-order valence-electron chi connectivity index (χ2n) is 5.16. The second kappa shape index (κ2) is 10.1. The van der Waals surface area contributed by atoms with E-state index in [-0.39, 0.29) is 11.7 Å². The molecule has 1 heterocycles. The molecule has 0 saturated carbocycles. The van der Waals surface area contributed by atoms with Gasteiger partial charge in [-0.05, 0) is 31.2 Å². The number of para-hydroxylation sites is 1. The van der Waals surface area contributed by atoms with Crippen molar-refractivity contribution in [3.05, 3.63) is 53.3 Å². The summed E-state index contributed by atoms with van der Waals surface area (Å²) < 4.78 is 10.2. The number of pyridine rings is 1. The van der Waals surface area contributed by atoms with Crippen molar-refractivity contribution < 1.29 is 23.9 Å². The third kappa shape index (κ3) is 6.27. The average molecular weight is 392 g/mol. The van der Waals surface area contributed by atoms with Crippen molar-refractivity contribution in [1.29, 1.82) is 0 Å². The van der Waals surface area contributed by atoms with Gasteiger partial charge in [-0.25, -0.2) is 4.98 Å². The van der Waals surface area contributed by atoms with Crippen molar-refractivity contribution in [1.82, 2.24) is 10.3 Å². The lowest BCUT2D eigenvalue weighted by molar-refractivity contribution is -0.146. The van der Waals surface area contributed by atoms with Crippen molar-refractivity contribution in [2.75, 3.05) is 25.1 Å². The second-order valence-corrected chi connectivity index (χ2v) is 5.52. The summed E-state index contributed by atoms with van der Waals surface area (Å²) in [6.07, 6.45) is 1.48. The Morgan fingerprint density at radius 2 is 1.93 bits per heavy atom. The molecule has 27 heavy (non-hydrogen) atoms. The van der Waals surface area contributed by atoms with Crippen molar-refractivity contribution in [2.24, 2.45) is 0 Å². The zero-order chi connectivity index (χ0) is 19.6. The highest BCUT2D eigenvalue weighted by atomic mass is 35.5. The molecule has 0 aliphatic rings. The topological polar surface area (TPSA) is 107 Å². The van der Waals surface area contributed by atoms with Crippen LogP contribution in [0.2, 0.25) is 5.15 Å². The van der Waals surface area contributed by atoms with E-state index in [1.165, 1.54) is 6.20 Å². The van der Waals surface area contributed by atoms with Gasteiger partial charge >= 0.3 is 5.97 Å². The van der Waals surface area contributed by atoms with Crippen LogP contribution in [0.3, 0.4) is 0 Å². The van der Waals surface area contributed by atoms with Gasteiger partial charge in [-0.15, -0.1) is 0 Å². The van der Waals surface area contributed by atoms with E-state index in [1.807, 2.05) is 0 Å². The molecule has 1 aromatic carbocycles. The first-order valence-corrected chi connectivity index (χ1v) is 8.45.